The molecule has 1 saturated heterocycles. The summed E-state index contributed by atoms with van der Waals surface area (Å²) in [6.07, 6.45) is 8.17. The van der Waals surface area contributed by atoms with Crippen molar-refractivity contribution in [2.45, 2.75) is 19.9 Å². The molecule has 2 aromatic heterocycles. The minimum Gasteiger partial charge on any atom is -0.341 e. The summed E-state index contributed by atoms with van der Waals surface area (Å²) in [6, 6.07) is 17.8. The van der Waals surface area contributed by atoms with E-state index in [1.165, 1.54) is 5.39 Å². The highest BCUT2D eigenvalue weighted by Crippen LogP contribution is 2.23. The van der Waals surface area contributed by atoms with E-state index in [9.17, 15) is 9.59 Å². The number of hydrogen-bond acceptors (Lipinski definition) is 4. The number of rotatable bonds is 5. The third-order valence-electron chi connectivity index (χ3n) is 6.73. The fourth-order valence-electron chi connectivity index (χ4n) is 4.96. The van der Waals surface area contributed by atoms with Gasteiger partial charge in [0, 0.05) is 68.8 Å². The van der Waals surface area contributed by atoms with E-state index in [0.29, 0.717) is 38.3 Å². The van der Waals surface area contributed by atoms with Crippen molar-refractivity contribution in [3.05, 3.63) is 96.1 Å². The zero-order valence-corrected chi connectivity index (χ0v) is 19.9. The van der Waals surface area contributed by atoms with Gasteiger partial charge < -0.3 is 9.80 Å². The molecular formula is C28H29N5O2. The third-order valence-corrected chi connectivity index (χ3v) is 6.73. The maximum atomic E-state index is 13.8. The molecule has 2 amide bonds. The Balaban J connectivity index is 1.42. The Kier molecular flexibility index (Phi) is 6.57. The van der Waals surface area contributed by atoms with Gasteiger partial charge in [-0.15, -0.1) is 0 Å². The average molecular weight is 468 g/mol. The van der Waals surface area contributed by atoms with Crippen molar-refractivity contribution in [3.8, 4) is 0 Å². The zero-order chi connectivity index (χ0) is 24.2. The van der Waals surface area contributed by atoms with Crippen LogP contribution in [0, 0.1) is 5.92 Å². The van der Waals surface area contributed by atoms with Gasteiger partial charge in [0.25, 0.3) is 5.91 Å². The van der Waals surface area contributed by atoms with Crippen molar-refractivity contribution in [2.75, 3.05) is 26.2 Å². The number of pyridine rings is 1. The topological polar surface area (TPSA) is 71.3 Å². The maximum absolute atomic E-state index is 13.8. The van der Waals surface area contributed by atoms with Crippen molar-refractivity contribution in [2.24, 2.45) is 5.92 Å². The van der Waals surface area contributed by atoms with E-state index < -0.39 is 0 Å². The molecule has 5 rings (SSSR count). The minimum atomic E-state index is -0.000738. The fraction of sp³-hybridized carbons (Fsp3) is 0.286. The van der Waals surface area contributed by atoms with E-state index in [1.807, 2.05) is 75.5 Å². The van der Waals surface area contributed by atoms with Crippen LogP contribution in [0.25, 0.3) is 10.8 Å². The molecule has 7 heteroatoms. The second-order valence-corrected chi connectivity index (χ2v) is 9.17. The van der Waals surface area contributed by atoms with E-state index in [-0.39, 0.29) is 17.7 Å². The summed E-state index contributed by atoms with van der Waals surface area (Å²) in [4.78, 5) is 34.3. The first-order chi connectivity index (χ1) is 17.1. The van der Waals surface area contributed by atoms with Gasteiger partial charge in [-0.2, -0.15) is 5.10 Å². The number of nitrogens with zero attached hydrogens (tertiary/aromatic N) is 5. The van der Waals surface area contributed by atoms with Crippen LogP contribution in [0.5, 0.6) is 0 Å². The van der Waals surface area contributed by atoms with Crippen molar-refractivity contribution >= 4 is 22.6 Å². The zero-order valence-electron chi connectivity index (χ0n) is 19.9. The lowest BCUT2D eigenvalue weighted by Crippen LogP contribution is -2.37. The van der Waals surface area contributed by atoms with Crippen molar-refractivity contribution in [3.63, 3.8) is 0 Å². The van der Waals surface area contributed by atoms with E-state index in [0.717, 1.165) is 22.9 Å². The van der Waals surface area contributed by atoms with E-state index in [4.69, 9.17) is 0 Å². The van der Waals surface area contributed by atoms with E-state index >= 15 is 0 Å². The lowest BCUT2D eigenvalue weighted by atomic mass is 9.95. The summed E-state index contributed by atoms with van der Waals surface area (Å²) in [5.74, 6) is 0.148. The lowest BCUT2D eigenvalue weighted by Gasteiger charge is -2.25. The molecule has 0 aliphatic carbocycles. The third kappa shape index (κ3) is 5.09. The highest BCUT2D eigenvalue weighted by Gasteiger charge is 2.29. The number of hydrogen-bond donors (Lipinski definition) is 0. The Morgan fingerprint density at radius 1 is 0.914 bits per heavy atom. The van der Waals surface area contributed by atoms with Gasteiger partial charge in [-0.3, -0.25) is 19.3 Å². The number of carbonyl (C=O) groups is 2. The molecule has 0 radical (unpaired) electrons. The maximum Gasteiger partial charge on any atom is 0.254 e. The first-order valence-corrected chi connectivity index (χ1v) is 12.0. The summed E-state index contributed by atoms with van der Waals surface area (Å²) in [6.45, 7) is 4.39. The largest absolute Gasteiger partial charge is 0.341 e. The molecule has 1 unspecified atom stereocenters. The Bertz CT molecular complexity index is 1330. The molecular weight excluding hydrogens is 438 g/mol. The quantitative estimate of drug-likeness (QED) is 0.449. The van der Waals surface area contributed by atoms with Crippen LogP contribution in [0.3, 0.4) is 0 Å². The standard InChI is InChI=1S/C28H29N5O2/c1-21(34)31-13-14-32(28(35)27-10-5-3-8-24(27)20-33-12-6-11-30-33)19-22(18-31)15-25-17-29-16-23-7-2-4-9-26(23)25/h2-12,16-17,22H,13-15,18-20H2,1H3. The van der Waals surface area contributed by atoms with Crippen LogP contribution in [0.4, 0.5) is 0 Å². The molecule has 4 aromatic rings. The highest BCUT2D eigenvalue weighted by molar-refractivity contribution is 5.95. The molecule has 1 fully saturated rings. The van der Waals surface area contributed by atoms with Gasteiger partial charge in [-0.1, -0.05) is 42.5 Å². The van der Waals surface area contributed by atoms with Gasteiger partial charge in [0.15, 0.2) is 0 Å². The molecule has 0 bridgehead atoms. The van der Waals surface area contributed by atoms with Gasteiger partial charge in [-0.25, -0.2) is 0 Å². The highest BCUT2D eigenvalue weighted by atomic mass is 16.2. The predicted molar refractivity (Wildman–Crippen MR) is 135 cm³/mol. The average Bonchev–Trinajstić information content (AvgIpc) is 3.29. The van der Waals surface area contributed by atoms with Gasteiger partial charge in [-0.05, 0) is 41.0 Å². The Hall–Kier alpha value is -4.00. The van der Waals surface area contributed by atoms with Gasteiger partial charge in [0.1, 0.15) is 0 Å². The Morgan fingerprint density at radius 3 is 2.51 bits per heavy atom. The first-order valence-electron chi connectivity index (χ1n) is 12.0. The molecule has 7 nitrogen and oxygen atoms in total. The molecule has 1 aliphatic rings. The molecule has 3 heterocycles. The number of fused-ring (bicyclic) bond motifs is 1. The summed E-state index contributed by atoms with van der Waals surface area (Å²) in [7, 11) is 0. The van der Waals surface area contributed by atoms with Crippen molar-refractivity contribution < 1.29 is 9.59 Å². The van der Waals surface area contributed by atoms with Crippen molar-refractivity contribution in [1.29, 1.82) is 0 Å². The van der Waals surface area contributed by atoms with Crippen LogP contribution in [0.15, 0.2) is 79.4 Å². The van der Waals surface area contributed by atoms with Gasteiger partial charge in [0.2, 0.25) is 5.91 Å². The fourth-order valence-corrected chi connectivity index (χ4v) is 4.96. The summed E-state index contributed by atoms with van der Waals surface area (Å²) >= 11 is 0. The summed E-state index contributed by atoms with van der Waals surface area (Å²) < 4.78 is 1.82. The van der Waals surface area contributed by atoms with Crippen LogP contribution < -0.4 is 0 Å². The van der Waals surface area contributed by atoms with Crippen LogP contribution in [-0.4, -0.2) is 62.6 Å². The number of aromatic nitrogens is 3. The molecule has 0 spiro atoms. The minimum absolute atomic E-state index is 0.000738. The molecule has 2 aromatic carbocycles. The van der Waals surface area contributed by atoms with E-state index in [1.54, 1.807) is 13.1 Å². The van der Waals surface area contributed by atoms with Gasteiger partial charge in [0.05, 0.1) is 6.54 Å². The SMILES string of the molecule is CC(=O)N1CCN(C(=O)c2ccccc2Cn2cccn2)CC(Cc2cncc3ccccc23)C1. The first kappa shape index (κ1) is 22.8. The Labute approximate surface area is 205 Å². The normalized spacial score (nSPS) is 16.3. The predicted octanol–water partition coefficient (Wildman–Crippen LogP) is 3.64. The second kappa shape index (κ2) is 10.1. The molecule has 178 valence electrons. The van der Waals surface area contributed by atoms with Crippen molar-refractivity contribution in [1.82, 2.24) is 24.6 Å². The molecule has 0 saturated carbocycles. The summed E-state index contributed by atoms with van der Waals surface area (Å²) in [5.41, 5.74) is 2.76. The molecule has 1 aliphatic heterocycles. The lowest BCUT2D eigenvalue weighted by molar-refractivity contribution is -0.129. The molecule has 1 atom stereocenters. The molecule has 0 N–H and O–H groups in total. The van der Waals surface area contributed by atoms with Crippen LogP contribution >= 0.6 is 0 Å². The monoisotopic (exact) mass is 467 g/mol. The second-order valence-electron chi connectivity index (χ2n) is 9.17. The van der Waals surface area contributed by atoms with Crippen LogP contribution in [0.2, 0.25) is 0 Å². The van der Waals surface area contributed by atoms with E-state index in [2.05, 4.69) is 22.2 Å². The van der Waals surface area contributed by atoms with Crippen LogP contribution in [0.1, 0.15) is 28.4 Å². The smallest absolute Gasteiger partial charge is 0.254 e. The number of benzene rings is 2. The Morgan fingerprint density at radius 2 is 1.69 bits per heavy atom. The number of amides is 2. The van der Waals surface area contributed by atoms with Crippen LogP contribution in [-0.2, 0) is 17.8 Å². The number of carbonyl (C=O) groups excluding carboxylic acids is 2. The molecule has 35 heavy (non-hydrogen) atoms. The summed E-state index contributed by atoms with van der Waals surface area (Å²) in [5, 5.41) is 6.56. The van der Waals surface area contributed by atoms with Gasteiger partial charge >= 0.3 is 0 Å².